The number of rotatable bonds is 3. The molecule has 1 saturated heterocycles. The molecule has 3 aliphatic rings. The average Bonchev–Trinajstić information content (AvgIpc) is 3.07. The highest BCUT2D eigenvalue weighted by Gasteiger charge is 2.51. The highest BCUT2D eigenvalue weighted by atomic mass is 32.2. The largest absolute Gasteiger partial charge is 0.471 e. The van der Waals surface area contributed by atoms with Gasteiger partial charge in [-0.15, -0.1) is 0 Å². The van der Waals surface area contributed by atoms with E-state index in [-0.39, 0.29) is 35.9 Å². The molecule has 1 unspecified atom stereocenters. The van der Waals surface area contributed by atoms with Gasteiger partial charge in [0, 0.05) is 25.7 Å². The lowest BCUT2D eigenvalue weighted by Gasteiger charge is -2.38. The molecule has 1 aromatic rings. The molecule has 9 heteroatoms. The molecule has 4 rings (SSSR count). The Labute approximate surface area is 168 Å². The minimum absolute atomic E-state index is 0.0238. The molecule has 0 radical (unpaired) electrons. The molecule has 0 aromatic heterocycles. The number of fused-ring (bicyclic) bond motifs is 1. The van der Waals surface area contributed by atoms with Crippen LogP contribution in [0.3, 0.4) is 0 Å². The van der Waals surface area contributed by atoms with Crippen molar-refractivity contribution in [1.82, 2.24) is 9.21 Å². The first-order valence-corrected chi connectivity index (χ1v) is 11.5. The average molecular weight is 430 g/mol. The van der Waals surface area contributed by atoms with Gasteiger partial charge in [0.1, 0.15) is 0 Å². The summed E-state index contributed by atoms with van der Waals surface area (Å²) in [7, 11) is -3.74. The van der Waals surface area contributed by atoms with Gasteiger partial charge >= 0.3 is 12.1 Å². The van der Waals surface area contributed by atoms with Gasteiger partial charge in [0.2, 0.25) is 10.0 Å². The number of hydrogen-bond donors (Lipinski definition) is 0. The molecule has 1 saturated carbocycles. The highest BCUT2D eigenvalue weighted by molar-refractivity contribution is 7.89. The summed E-state index contributed by atoms with van der Waals surface area (Å²) in [6.07, 6.45) is 0.195. The summed E-state index contributed by atoms with van der Waals surface area (Å²) in [6.45, 7) is 2.25. The van der Waals surface area contributed by atoms with Crippen molar-refractivity contribution in [2.24, 2.45) is 5.41 Å². The van der Waals surface area contributed by atoms with Crippen LogP contribution in [-0.4, -0.2) is 48.8 Å². The first kappa shape index (κ1) is 20.7. The van der Waals surface area contributed by atoms with E-state index in [1.54, 1.807) is 16.4 Å². The summed E-state index contributed by atoms with van der Waals surface area (Å²) in [5.74, 6) is -1.88. The van der Waals surface area contributed by atoms with Gasteiger partial charge in [0.15, 0.2) is 0 Å². The van der Waals surface area contributed by atoms with Gasteiger partial charge < -0.3 is 4.90 Å². The standard InChI is InChI=1S/C20H25F3N2O3S/c1-2-16-11-19(7-3-8-19)13-25(16)29(27,28)17-5-4-14-6-9-24(12-15(14)10-17)18(26)20(21,22)23/h4-5,10,16H,2-3,6-9,11-13H2,1H3. The van der Waals surface area contributed by atoms with Crippen molar-refractivity contribution in [1.29, 1.82) is 0 Å². The lowest BCUT2D eigenvalue weighted by Crippen LogP contribution is -2.43. The van der Waals surface area contributed by atoms with E-state index < -0.39 is 22.1 Å². The second-order valence-electron chi connectivity index (χ2n) is 8.57. The van der Waals surface area contributed by atoms with E-state index in [0.717, 1.165) is 42.6 Å². The number of hydrogen-bond acceptors (Lipinski definition) is 3. The maximum atomic E-state index is 13.4. The molecule has 5 nitrogen and oxygen atoms in total. The molecule has 0 N–H and O–H groups in total. The molecule has 160 valence electrons. The maximum Gasteiger partial charge on any atom is 0.471 e. The van der Waals surface area contributed by atoms with Crippen LogP contribution in [0.25, 0.3) is 0 Å². The Bertz CT molecular complexity index is 925. The van der Waals surface area contributed by atoms with E-state index in [1.165, 1.54) is 6.07 Å². The quantitative estimate of drug-likeness (QED) is 0.738. The summed E-state index contributed by atoms with van der Waals surface area (Å²) >= 11 is 0. The summed E-state index contributed by atoms with van der Waals surface area (Å²) in [4.78, 5) is 12.4. The summed E-state index contributed by atoms with van der Waals surface area (Å²) in [6, 6.07) is 4.64. The van der Waals surface area contributed by atoms with Gasteiger partial charge in [-0.25, -0.2) is 8.42 Å². The van der Waals surface area contributed by atoms with Crippen LogP contribution in [0, 0.1) is 5.41 Å². The van der Waals surface area contributed by atoms with Gasteiger partial charge in [-0.05, 0) is 60.8 Å². The van der Waals surface area contributed by atoms with Crippen LogP contribution >= 0.6 is 0 Å². The summed E-state index contributed by atoms with van der Waals surface area (Å²) < 4.78 is 66.7. The van der Waals surface area contributed by atoms with Crippen molar-refractivity contribution < 1.29 is 26.4 Å². The molecule has 2 fully saturated rings. The topological polar surface area (TPSA) is 57.7 Å². The highest BCUT2D eigenvalue weighted by Crippen LogP contribution is 2.52. The van der Waals surface area contributed by atoms with Crippen LogP contribution in [0.1, 0.15) is 50.2 Å². The second-order valence-corrected chi connectivity index (χ2v) is 10.5. The first-order valence-electron chi connectivity index (χ1n) is 10.1. The molecule has 1 aliphatic carbocycles. The van der Waals surface area contributed by atoms with Crippen molar-refractivity contribution in [3.8, 4) is 0 Å². The van der Waals surface area contributed by atoms with Gasteiger partial charge in [-0.1, -0.05) is 19.4 Å². The number of alkyl halides is 3. The Morgan fingerprint density at radius 1 is 1.24 bits per heavy atom. The second kappa shape index (κ2) is 6.97. The predicted octanol–water partition coefficient (Wildman–Crippen LogP) is 3.48. The number of carbonyl (C=O) groups is 1. The molecule has 0 bridgehead atoms. The normalized spacial score (nSPS) is 24.4. The van der Waals surface area contributed by atoms with E-state index in [4.69, 9.17) is 0 Å². The molecule has 1 aromatic carbocycles. The summed E-state index contributed by atoms with van der Waals surface area (Å²) in [5, 5.41) is 0. The number of halogens is 3. The van der Waals surface area contributed by atoms with E-state index in [9.17, 15) is 26.4 Å². The summed E-state index contributed by atoms with van der Waals surface area (Å²) in [5.41, 5.74) is 1.36. The van der Waals surface area contributed by atoms with Crippen LogP contribution in [0.5, 0.6) is 0 Å². The van der Waals surface area contributed by atoms with Crippen molar-refractivity contribution in [2.75, 3.05) is 13.1 Å². The maximum absolute atomic E-state index is 13.4. The zero-order valence-corrected chi connectivity index (χ0v) is 17.2. The fourth-order valence-corrected chi connectivity index (χ4v) is 6.84. The molecule has 1 amide bonds. The Balaban J connectivity index is 1.61. The van der Waals surface area contributed by atoms with E-state index >= 15 is 0 Å². The number of benzene rings is 1. The Kier molecular flexibility index (Phi) is 4.97. The fraction of sp³-hybridized carbons (Fsp3) is 0.650. The van der Waals surface area contributed by atoms with Crippen LogP contribution in [0.4, 0.5) is 13.2 Å². The Morgan fingerprint density at radius 3 is 2.55 bits per heavy atom. The zero-order chi connectivity index (χ0) is 21.0. The fourth-order valence-electron chi connectivity index (χ4n) is 4.98. The van der Waals surface area contributed by atoms with Crippen molar-refractivity contribution in [3.63, 3.8) is 0 Å². The lowest BCUT2D eigenvalue weighted by molar-refractivity contribution is -0.186. The Hall–Kier alpha value is -1.61. The van der Waals surface area contributed by atoms with Crippen LogP contribution in [-0.2, 0) is 27.8 Å². The lowest BCUT2D eigenvalue weighted by atomic mass is 9.67. The third-order valence-corrected chi connectivity index (χ3v) is 8.67. The van der Waals surface area contributed by atoms with E-state index in [2.05, 4.69) is 0 Å². The molecule has 2 heterocycles. The van der Waals surface area contributed by atoms with Crippen LogP contribution < -0.4 is 0 Å². The number of nitrogens with zero attached hydrogens (tertiary/aromatic N) is 2. The third-order valence-electron chi connectivity index (χ3n) is 6.78. The van der Waals surface area contributed by atoms with E-state index in [1.807, 2.05) is 6.92 Å². The SMILES string of the molecule is CCC1CC2(CCC2)CN1S(=O)(=O)c1ccc2c(c1)CN(C(=O)C(F)(F)F)CC2. The third kappa shape index (κ3) is 3.56. The van der Waals surface area contributed by atoms with Crippen molar-refractivity contribution >= 4 is 15.9 Å². The van der Waals surface area contributed by atoms with Crippen molar-refractivity contribution in [2.45, 2.75) is 69.1 Å². The molecular weight excluding hydrogens is 405 g/mol. The van der Waals surface area contributed by atoms with Crippen molar-refractivity contribution in [3.05, 3.63) is 29.3 Å². The molecule has 29 heavy (non-hydrogen) atoms. The van der Waals surface area contributed by atoms with Crippen LogP contribution in [0.2, 0.25) is 0 Å². The minimum Gasteiger partial charge on any atom is -0.330 e. The number of sulfonamides is 1. The molecular formula is C20H25F3N2O3S. The number of carbonyl (C=O) groups excluding carboxylic acids is 1. The smallest absolute Gasteiger partial charge is 0.330 e. The Morgan fingerprint density at radius 2 is 1.97 bits per heavy atom. The molecule has 2 aliphatic heterocycles. The van der Waals surface area contributed by atoms with Gasteiger partial charge in [-0.3, -0.25) is 4.79 Å². The molecule has 1 atom stereocenters. The monoisotopic (exact) mass is 430 g/mol. The first-order chi connectivity index (χ1) is 13.6. The molecule has 1 spiro atoms. The van der Waals surface area contributed by atoms with Gasteiger partial charge in [0.25, 0.3) is 0 Å². The van der Waals surface area contributed by atoms with Crippen LogP contribution in [0.15, 0.2) is 23.1 Å². The van der Waals surface area contributed by atoms with Gasteiger partial charge in [0.05, 0.1) is 4.90 Å². The number of amides is 1. The van der Waals surface area contributed by atoms with Gasteiger partial charge in [-0.2, -0.15) is 17.5 Å². The zero-order valence-electron chi connectivity index (χ0n) is 16.3. The predicted molar refractivity (Wildman–Crippen MR) is 100 cm³/mol. The minimum atomic E-state index is -4.93. The van der Waals surface area contributed by atoms with E-state index in [0.29, 0.717) is 12.1 Å².